The Balaban J connectivity index is 2.52. The lowest BCUT2D eigenvalue weighted by Crippen LogP contribution is -2.21. The van der Waals surface area contributed by atoms with Crippen molar-refractivity contribution in [1.29, 1.82) is 0 Å². The fourth-order valence-electron chi connectivity index (χ4n) is 1.76. The van der Waals surface area contributed by atoms with Gasteiger partial charge in [-0.15, -0.1) is 0 Å². The molecule has 0 saturated carbocycles. The summed E-state index contributed by atoms with van der Waals surface area (Å²) in [4.78, 5) is 0. The van der Waals surface area contributed by atoms with Gasteiger partial charge < -0.3 is 5.32 Å². The lowest BCUT2D eigenvalue weighted by atomic mass is 9.97. The predicted molar refractivity (Wildman–Crippen MR) is 73.2 cm³/mol. The van der Waals surface area contributed by atoms with Gasteiger partial charge in [-0.1, -0.05) is 38.8 Å². The maximum Gasteiger partial charge on any atom is 0.0407 e. The van der Waals surface area contributed by atoms with Crippen LogP contribution in [-0.2, 0) is 0 Å². The van der Waals surface area contributed by atoms with Crippen molar-refractivity contribution < 1.29 is 0 Å². The average Bonchev–Trinajstić information content (AvgIpc) is 2.30. The molecule has 0 heterocycles. The van der Waals surface area contributed by atoms with E-state index in [2.05, 4.69) is 26.1 Å². The summed E-state index contributed by atoms with van der Waals surface area (Å²) in [5.41, 5.74) is 1.17. The Morgan fingerprint density at radius 1 is 1.12 bits per heavy atom. The average molecular weight is 240 g/mol. The molecule has 1 nitrogen and oxygen atoms in total. The van der Waals surface area contributed by atoms with Crippen LogP contribution in [0.2, 0.25) is 5.02 Å². The summed E-state index contributed by atoms with van der Waals surface area (Å²) in [5.74, 6) is 0.782. The molecule has 90 valence electrons. The fraction of sp³-hybridized carbons (Fsp3) is 0.571. The number of anilines is 1. The highest BCUT2D eigenvalue weighted by Crippen LogP contribution is 2.19. The minimum atomic E-state index is 0.566. The summed E-state index contributed by atoms with van der Waals surface area (Å²) in [7, 11) is 0. The third-order valence-electron chi connectivity index (χ3n) is 3.09. The van der Waals surface area contributed by atoms with E-state index in [9.17, 15) is 0 Å². The van der Waals surface area contributed by atoms with E-state index in [4.69, 9.17) is 11.6 Å². The first-order valence-electron chi connectivity index (χ1n) is 6.17. The van der Waals surface area contributed by atoms with Crippen LogP contribution < -0.4 is 5.32 Å². The number of nitrogens with one attached hydrogen (secondary N) is 1. The van der Waals surface area contributed by atoms with Gasteiger partial charge in [0.25, 0.3) is 0 Å². The van der Waals surface area contributed by atoms with Crippen LogP contribution in [0, 0.1) is 5.92 Å². The second-order valence-electron chi connectivity index (χ2n) is 4.51. The van der Waals surface area contributed by atoms with Gasteiger partial charge in [-0.25, -0.2) is 0 Å². The van der Waals surface area contributed by atoms with Gasteiger partial charge in [0.1, 0.15) is 0 Å². The first-order valence-corrected chi connectivity index (χ1v) is 6.55. The molecule has 1 N–H and O–H groups in total. The molecule has 0 bridgehead atoms. The summed E-state index contributed by atoms with van der Waals surface area (Å²) < 4.78 is 0. The molecular weight excluding hydrogens is 218 g/mol. The zero-order valence-corrected chi connectivity index (χ0v) is 11.2. The first kappa shape index (κ1) is 13.4. The molecule has 0 amide bonds. The van der Waals surface area contributed by atoms with Gasteiger partial charge in [0, 0.05) is 16.8 Å². The second-order valence-corrected chi connectivity index (χ2v) is 4.94. The Bertz CT molecular complexity index is 294. The Morgan fingerprint density at radius 2 is 1.75 bits per heavy atom. The summed E-state index contributed by atoms with van der Waals surface area (Å²) in [6, 6.07) is 8.51. The third kappa shape index (κ3) is 4.44. The Morgan fingerprint density at radius 3 is 2.25 bits per heavy atom. The molecule has 2 unspecified atom stereocenters. The fourth-order valence-corrected chi connectivity index (χ4v) is 1.89. The third-order valence-corrected chi connectivity index (χ3v) is 3.34. The number of hydrogen-bond donors (Lipinski definition) is 1. The van der Waals surface area contributed by atoms with Gasteiger partial charge in [-0.3, -0.25) is 0 Å². The molecule has 0 radical (unpaired) electrons. The first-order chi connectivity index (χ1) is 7.65. The SMILES string of the molecule is CCC(C)CC(CC)Nc1ccc(Cl)cc1. The highest BCUT2D eigenvalue weighted by molar-refractivity contribution is 6.30. The van der Waals surface area contributed by atoms with Crippen LogP contribution in [0.3, 0.4) is 0 Å². The molecule has 16 heavy (non-hydrogen) atoms. The quantitative estimate of drug-likeness (QED) is 0.739. The maximum atomic E-state index is 5.86. The van der Waals surface area contributed by atoms with Gasteiger partial charge in [0.2, 0.25) is 0 Å². The summed E-state index contributed by atoms with van der Waals surface area (Å²) >= 11 is 5.86. The molecule has 1 aromatic rings. The van der Waals surface area contributed by atoms with E-state index in [1.54, 1.807) is 0 Å². The number of hydrogen-bond acceptors (Lipinski definition) is 1. The lowest BCUT2D eigenvalue weighted by Gasteiger charge is -2.21. The van der Waals surface area contributed by atoms with Crippen LogP contribution in [0.1, 0.15) is 40.0 Å². The molecule has 1 rings (SSSR count). The van der Waals surface area contributed by atoms with Gasteiger partial charge in [0.05, 0.1) is 0 Å². The minimum absolute atomic E-state index is 0.566. The summed E-state index contributed by atoms with van der Waals surface area (Å²) in [5, 5.41) is 4.35. The van der Waals surface area contributed by atoms with Crippen molar-refractivity contribution >= 4 is 17.3 Å². The van der Waals surface area contributed by atoms with Crippen molar-refractivity contribution in [2.75, 3.05) is 5.32 Å². The molecule has 1 aromatic carbocycles. The van der Waals surface area contributed by atoms with E-state index in [1.165, 1.54) is 18.5 Å². The van der Waals surface area contributed by atoms with Crippen molar-refractivity contribution in [2.45, 2.75) is 46.1 Å². The molecule has 0 fully saturated rings. The van der Waals surface area contributed by atoms with Crippen LogP contribution >= 0.6 is 11.6 Å². The number of rotatable bonds is 6. The van der Waals surface area contributed by atoms with Gasteiger partial charge >= 0.3 is 0 Å². The van der Waals surface area contributed by atoms with Crippen molar-refractivity contribution in [3.63, 3.8) is 0 Å². The van der Waals surface area contributed by atoms with Crippen LogP contribution in [0.5, 0.6) is 0 Å². The molecule has 0 aromatic heterocycles. The second kappa shape index (κ2) is 6.80. The highest BCUT2D eigenvalue weighted by Gasteiger charge is 2.09. The summed E-state index contributed by atoms with van der Waals surface area (Å²) in [6.45, 7) is 6.79. The van der Waals surface area contributed by atoms with Crippen molar-refractivity contribution in [2.24, 2.45) is 5.92 Å². The monoisotopic (exact) mass is 239 g/mol. The molecule has 2 heteroatoms. The summed E-state index contributed by atoms with van der Waals surface area (Å²) in [6.07, 6.45) is 3.64. The molecule has 0 saturated heterocycles. The largest absolute Gasteiger partial charge is 0.382 e. The van der Waals surface area contributed by atoms with Gasteiger partial charge in [-0.05, 0) is 43.0 Å². The van der Waals surface area contributed by atoms with Crippen LogP contribution in [0.4, 0.5) is 5.69 Å². The van der Waals surface area contributed by atoms with Gasteiger partial charge in [0.15, 0.2) is 0 Å². The zero-order valence-electron chi connectivity index (χ0n) is 10.5. The normalized spacial score (nSPS) is 14.5. The number of benzene rings is 1. The zero-order chi connectivity index (χ0) is 12.0. The Hall–Kier alpha value is -0.690. The Labute approximate surface area is 104 Å². The topological polar surface area (TPSA) is 12.0 Å². The lowest BCUT2D eigenvalue weighted by molar-refractivity contribution is 0.462. The number of halogens is 1. The van der Waals surface area contributed by atoms with E-state index < -0.39 is 0 Å². The van der Waals surface area contributed by atoms with E-state index in [1.807, 2.05) is 24.3 Å². The van der Waals surface area contributed by atoms with E-state index in [0.29, 0.717) is 6.04 Å². The minimum Gasteiger partial charge on any atom is -0.382 e. The van der Waals surface area contributed by atoms with E-state index >= 15 is 0 Å². The smallest absolute Gasteiger partial charge is 0.0407 e. The standard InChI is InChI=1S/C14H22ClN/c1-4-11(3)10-13(5-2)16-14-8-6-12(15)7-9-14/h6-9,11,13,16H,4-5,10H2,1-3H3. The molecule has 2 atom stereocenters. The van der Waals surface area contributed by atoms with Crippen LogP contribution in [0.25, 0.3) is 0 Å². The van der Waals surface area contributed by atoms with Gasteiger partial charge in [-0.2, -0.15) is 0 Å². The van der Waals surface area contributed by atoms with E-state index in [-0.39, 0.29) is 0 Å². The molecular formula is C14H22ClN. The molecule has 0 aliphatic rings. The van der Waals surface area contributed by atoms with Crippen molar-refractivity contribution in [3.05, 3.63) is 29.3 Å². The predicted octanol–water partition coefficient (Wildman–Crippen LogP) is 4.97. The van der Waals surface area contributed by atoms with Crippen LogP contribution in [0.15, 0.2) is 24.3 Å². The molecule has 0 aliphatic heterocycles. The molecule has 0 aliphatic carbocycles. The van der Waals surface area contributed by atoms with E-state index in [0.717, 1.165) is 17.4 Å². The Kier molecular flexibility index (Phi) is 5.68. The van der Waals surface area contributed by atoms with Crippen LogP contribution in [-0.4, -0.2) is 6.04 Å². The van der Waals surface area contributed by atoms with Crippen molar-refractivity contribution in [3.8, 4) is 0 Å². The van der Waals surface area contributed by atoms with Crippen molar-refractivity contribution in [1.82, 2.24) is 0 Å². The molecule has 0 spiro atoms. The highest BCUT2D eigenvalue weighted by atomic mass is 35.5. The maximum absolute atomic E-state index is 5.86.